The van der Waals surface area contributed by atoms with E-state index < -0.39 is 16.3 Å². The minimum absolute atomic E-state index is 0.818. The molecule has 2 nitrogen and oxygen atoms in total. The zero-order valence-electron chi connectivity index (χ0n) is 15.1. The van der Waals surface area contributed by atoms with Crippen molar-refractivity contribution in [1.82, 2.24) is 9.88 Å². The van der Waals surface area contributed by atoms with Crippen LogP contribution in [0.25, 0.3) is 0 Å². The molecule has 0 amide bonds. The second-order valence-corrected chi connectivity index (χ2v) is 19.3. The van der Waals surface area contributed by atoms with Gasteiger partial charge in [-0.05, 0) is 22.9 Å². The number of hydrogen-bond donors (Lipinski definition) is 1. The standard InChI is InChI=1S/C18H34N2Si2/c1-21(2,3)17-14-18(16-9-7-6-8-15(16)17)22(4,5)20-12-10-19-11-13-20/h6-9,15-19H,10-14H2,1-5H3. The summed E-state index contributed by atoms with van der Waals surface area (Å²) in [5.74, 6) is 1.65. The van der Waals surface area contributed by atoms with E-state index >= 15 is 0 Å². The predicted molar refractivity (Wildman–Crippen MR) is 103 cm³/mol. The minimum Gasteiger partial charge on any atom is -0.321 e. The maximum Gasteiger partial charge on any atom is 0.126 e. The Kier molecular flexibility index (Phi) is 4.58. The second-order valence-electron chi connectivity index (χ2n) is 9.13. The van der Waals surface area contributed by atoms with Gasteiger partial charge < -0.3 is 9.88 Å². The van der Waals surface area contributed by atoms with Gasteiger partial charge >= 0.3 is 0 Å². The Bertz CT molecular complexity index is 458. The first kappa shape index (κ1) is 16.7. The Morgan fingerprint density at radius 1 is 0.864 bits per heavy atom. The number of piperazine rings is 1. The molecule has 0 bridgehead atoms. The zero-order chi connectivity index (χ0) is 16.0. The Balaban J connectivity index is 1.86. The van der Waals surface area contributed by atoms with Crippen LogP contribution in [-0.4, -0.2) is 47.1 Å². The van der Waals surface area contributed by atoms with Gasteiger partial charge in [-0.25, -0.2) is 0 Å². The lowest BCUT2D eigenvalue weighted by Gasteiger charge is -2.45. The van der Waals surface area contributed by atoms with Crippen LogP contribution in [0.4, 0.5) is 0 Å². The summed E-state index contributed by atoms with van der Waals surface area (Å²) in [7, 11) is -2.46. The highest BCUT2D eigenvalue weighted by atomic mass is 28.3. The van der Waals surface area contributed by atoms with Gasteiger partial charge in [0, 0.05) is 34.3 Å². The van der Waals surface area contributed by atoms with Crippen LogP contribution in [0.2, 0.25) is 43.8 Å². The van der Waals surface area contributed by atoms with E-state index in [2.05, 4.69) is 66.9 Å². The molecule has 3 rings (SSSR count). The first-order valence-electron chi connectivity index (χ1n) is 9.12. The first-order valence-corrected chi connectivity index (χ1v) is 15.7. The van der Waals surface area contributed by atoms with E-state index in [1.807, 2.05) is 0 Å². The average Bonchev–Trinajstić information content (AvgIpc) is 2.88. The highest BCUT2D eigenvalue weighted by Crippen LogP contribution is 2.58. The molecule has 0 aromatic rings. The van der Waals surface area contributed by atoms with Crippen LogP contribution in [0.15, 0.2) is 24.3 Å². The van der Waals surface area contributed by atoms with Crippen molar-refractivity contribution >= 4 is 16.3 Å². The largest absolute Gasteiger partial charge is 0.321 e. The zero-order valence-corrected chi connectivity index (χ0v) is 17.1. The molecule has 1 aliphatic heterocycles. The summed E-state index contributed by atoms with van der Waals surface area (Å²) in [6.07, 6.45) is 11.2. The molecule has 1 saturated heterocycles. The smallest absolute Gasteiger partial charge is 0.126 e. The molecular weight excluding hydrogens is 300 g/mol. The van der Waals surface area contributed by atoms with Crippen LogP contribution < -0.4 is 5.32 Å². The van der Waals surface area contributed by atoms with Gasteiger partial charge in [-0.2, -0.15) is 0 Å². The van der Waals surface area contributed by atoms with E-state index in [-0.39, 0.29) is 0 Å². The highest BCUT2D eigenvalue weighted by Gasteiger charge is 2.53. The Morgan fingerprint density at radius 3 is 1.95 bits per heavy atom. The van der Waals surface area contributed by atoms with Crippen molar-refractivity contribution < 1.29 is 0 Å². The van der Waals surface area contributed by atoms with Crippen molar-refractivity contribution in [1.29, 1.82) is 0 Å². The lowest BCUT2D eigenvalue weighted by Crippen LogP contribution is -2.59. The summed E-state index contributed by atoms with van der Waals surface area (Å²) in [5, 5.41) is 3.53. The fraction of sp³-hybridized carbons (Fsp3) is 0.778. The number of nitrogens with zero attached hydrogens (tertiary/aromatic N) is 1. The maximum absolute atomic E-state index is 3.53. The molecule has 0 spiro atoms. The lowest BCUT2D eigenvalue weighted by atomic mass is 9.91. The molecule has 124 valence electrons. The van der Waals surface area contributed by atoms with Crippen LogP contribution in [0.5, 0.6) is 0 Å². The maximum atomic E-state index is 3.53. The fourth-order valence-corrected chi connectivity index (χ4v) is 11.8. The van der Waals surface area contributed by atoms with Crippen LogP contribution in [0.3, 0.4) is 0 Å². The molecule has 4 atom stereocenters. The molecule has 4 unspecified atom stereocenters. The summed E-state index contributed by atoms with van der Waals surface area (Å²) in [4.78, 5) is 0. The molecule has 0 aromatic heterocycles. The van der Waals surface area contributed by atoms with Gasteiger partial charge in [0.25, 0.3) is 0 Å². The van der Waals surface area contributed by atoms with Crippen molar-refractivity contribution in [3.8, 4) is 0 Å². The van der Waals surface area contributed by atoms with Crippen molar-refractivity contribution in [2.45, 2.75) is 50.2 Å². The van der Waals surface area contributed by atoms with Gasteiger partial charge in [-0.1, -0.05) is 63.5 Å². The average molecular weight is 335 g/mol. The normalized spacial score (nSPS) is 36.6. The van der Waals surface area contributed by atoms with Gasteiger partial charge in [-0.15, -0.1) is 0 Å². The Morgan fingerprint density at radius 2 is 1.41 bits per heavy atom. The first-order chi connectivity index (χ1) is 10.3. The van der Waals surface area contributed by atoms with E-state index in [1.165, 1.54) is 32.6 Å². The summed E-state index contributed by atoms with van der Waals surface area (Å²) in [6.45, 7) is 18.0. The molecule has 2 fully saturated rings. The van der Waals surface area contributed by atoms with Gasteiger partial charge in [0.2, 0.25) is 0 Å². The molecular formula is C18H34N2Si2. The molecule has 2 aliphatic carbocycles. The van der Waals surface area contributed by atoms with Crippen molar-refractivity contribution in [3.05, 3.63) is 24.3 Å². The number of rotatable bonds is 3. The topological polar surface area (TPSA) is 15.3 Å². The summed E-state index contributed by atoms with van der Waals surface area (Å²) < 4.78 is 2.89. The third-order valence-electron chi connectivity index (χ3n) is 6.61. The highest BCUT2D eigenvalue weighted by molar-refractivity contribution is 6.79. The fourth-order valence-electron chi connectivity index (χ4n) is 5.20. The summed E-state index contributed by atoms with van der Waals surface area (Å²) in [6, 6.07) is 0. The molecule has 1 saturated carbocycles. The van der Waals surface area contributed by atoms with Crippen LogP contribution >= 0.6 is 0 Å². The number of nitrogens with one attached hydrogen (secondary N) is 1. The lowest BCUT2D eigenvalue weighted by molar-refractivity contribution is 0.347. The van der Waals surface area contributed by atoms with E-state index in [0.29, 0.717) is 0 Å². The number of fused-ring (bicyclic) bond motifs is 1. The molecule has 3 aliphatic rings. The van der Waals surface area contributed by atoms with Gasteiger partial charge in [0.05, 0.1) is 0 Å². The second kappa shape index (κ2) is 6.04. The van der Waals surface area contributed by atoms with Crippen LogP contribution in [-0.2, 0) is 0 Å². The van der Waals surface area contributed by atoms with E-state index in [4.69, 9.17) is 0 Å². The van der Waals surface area contributed by atoms with Gasteiger partial charge in [0.1, 0.15) is 8.24 Å². The van der Waals surface area contributed by atoms with Gasteiger partial charge in [-0.3, -0.25) is 0 Å². The Hall–Kier alpha value is -0.166. The Labute approximate surface area is 139 Å². The third kappa shape index (κ3) is 2.95. The summed E-state index contributed by atoms with van der Waals surface area (Å²) >= 11 is 0. The van der Waals surface area contributed by atoms with E-state index in [0.717, 1.165) is 22.9 Å². The molecule has 1 N–H and O–H groups in total. The van der Waals surface area contributed by atoms with Gasteiger partial charge in [0.15, 0.2) is 0 Å². The van der Waals surface area contributed by atoms with E-state index in [9.17, 15) is 0 Å². The molecule has 4 heteroatoms. The van der Waals surface area contributed by atoms with Crippen molar-refractivity contribution in [3.63, 3.8) is 0 Å². The molecule has 22 heavy (non-hydrogen) atoms. The molecule has 0 radical (unpaired) electrons. The van der Waals surface area contributed by atoms with Crippen molar-refractivity contribution in [2.75, 3.05) is 26.2 Å². The minimum atomic E-state index is -1.37. The quantitative estimate of drug-likeness (QED) is 0.787. The monoisotopic (exact) mass is 334 g/mol. The SMILES string of the molecule is C[Si](C)(C)C1CC([Si](C)(C)N2CCNCC2)C2C=CC=CC21. The number of hydrogen-bond acceptors (Lipinski definition) is 2. The van der Waals surface area contributed by atoms with E-state index in [1.54, 1.807) is 0 Å². The molecule has 0 aromatic carbocycles. The predicted octanol–water partition coefficient (Wildman–Crippen LogP) is 3.94. The summed E-state index contributed by atoms with van der Waals surface area (Å²) in [5.41, 5.74) is 1.91. The third-order valence-corrected chi connectivity index (χ3v) is 14.0. The van der Waals surface area contributed by atoms with Crippen LogP contribution in [0.1, 0.15) is 6.42 Å². The molecule has 1 heterocycles. The van der Waals surface area contributed by atoms with Crippen molar-refractivity contribution in [2.24, 2.45) is 11.8 Å². The van der Waals surface area contributed by atoms with Crippen LogP contribution in [0, 0.1) is 11.8 Å². The number of allylic oxidation sites excluding steroid dienone is 4.